The van der Waals surface area contributed by atoms with Crippen molar-refractivity contribution in [3.8, 4) is 33.6 Å². The van der Waals surface area contributed by atoms with Crippen molar-refractivity contribution in [2.45, 2.75) is 83.5 Å². The Morgan fingerprint density at radius 3 is 1.67 bits per heavy atom. The van der Waals surface area contributed by atoms with Crippen LogP contribution in [0.3, 0.4) is 0 Å². The maximum absolute atomic E-state index is 4.76. The van der Waals surface area contributed by atoms with Gasteiger partial charge in [-0.3, -0.25) is 0 Å². The minimum absolute atomic E-state index is 0.254. The second-order valence-corrected chi connectivity index (χ2v) is 36.1. The Balaban J connectivity index is 0.000000163. The highest BCUT2D eigenvalue weighted by Crippen LogP contribution is 2.53. The molecule has 2 unspecified atom stereocenters. The van der Waals surface area contributed by atoms with Crippen LogP contribution >= 0.6 is 0 Å². The number of nitrogens with zero attached hydrogens (tertiary/aromatic N) is 6. The maximum Gasteiger partial charge on any atom is 0.0541 e. The molecule has 6 heteroatoms. The first kappa shape index (κ1) is 85.5. The SMILES string of the molecule is C=C1/C(=C\C(=C)n2ccccccc3cc(C4C=CC(n5c6ccccc6c6ccccc65)=CC4)ccc32)C(C)(C)c2cc(N(c3ccc(C4=CCCC=C4)cc3)c3ccc(-c4ccccc4)cc3)ccc21.C=CC(=C\C=C\N(c1ccc(C2C=CC=CC2)cc1)c1ccc(-n2c3ccccc3c3cc(-c4ccc(-n5c6c(c7ccccc75)CCC=C6)cc4)ccc32)cc1)/C(/C=C\C)=C/C. The molecular weight excluding hydrogens is 1630 g/mol. The summed E-state index contributed by atoms with van der Waals surface area (Å²) in [7, 11) is 0. The first-order chi connectivity index (χ1) is 66.4. The van der Waals surface area contributed by atoms with Crippen molar-refractivity contribution < 1.29 is 0 Å². The first-order valence-corrected chi connectivity index (χ1v) is 47.5. The largest absolute Gasteiger partial charge is 0.317 e. The van der Waals surface area contributed by atoms with E-state index in [9.17, 15) is 0 Å². The van der Waals surface area contributed by atoms with E-state index in [0.717, 1.165) is 112 Å². The summed E-state index contributed by atoms with van der Waals surface area (Å²) in [6.07, 6.45) is 52.7. The summed E-state index contributed by atoms with van der Waals surface area (Å²) in [6.45, 7) is 22.4. The molecule has 0 saturated carbocycles. The van der Waals surface area contributed by atoms with E-state index in [1.54, 1.807) is 0 Å². The molecule has 0 N–H and O–H groups in total. The van der Waals surface area contributed by atoms with Crippen LogP contribution in [0.4, 0.5) is 28.4 Å². The fourth-order valence-corrected chi connectivity index (χ4v) is 20.8. The number of hydrogen-bond donors (Lipinski definition) is 0. The van der Waals surface area contributed by atoms with Gasteiger partial charge in [-0.1, -0.05) is 319 Å². The van der Waals surface area contributed by atoms with E-state index in [0.29, 0.717) is 5.92 Å². The lowest BCUT2D eigenvalue weighted by Crippen LogP contribution is -2.17. The van der Waals surface area contributed by atoms with Crippen LogP contribution in [0.15, 0.2) is 492 Å². The molecule has 5 aliphatic rings. The zero-order valence-corrected chi connectivity index (χ0v) is 77.1. The van der Waals surface area contributed by atoms with Gasteiger partial charge in [0.25, 0.3) is 0 Å². The van der Waals surface area contributed by atoms with Gasteiger partial charge < -0.3 is 28.1 Å². The van der Waals surface area contributed by atoms with Crippen molar-refractivity contribution >= 4 is 122 Å². The monoisotopic (exact) mass is 1740 g/mol. The molecule has 17 aromatic rings. The number of benzene rings is 13. The topological polar surface area (TPSA) is 26.2 Å². The van der Waals surface area contributed by atoms with Crippen LogP contribution in [-0.2, 0) is 11.8 Å². The quantitative estimate of drug-likeness (QED) is 0.0711. The van der Waals surface area contributed by atoms with Crippen LogP contribution in [-0.4, -0.2) is 18.3 Å². The second kappa shape index (κ2) is 37.5. The van der Waals surface area contributed by atoms with Gasteiger partial charge in [-0.15, -0.1) is 0 Å². The molecule has 654 valence electrons. The van der Waals surface area contributed by atoms with Crippen LogP contribution in [0.5, 0.6) is 0 Å². The van der Waals surface area contributed by atoms with Gasteiger partial charge in [0.05, 0.1) is 33.1 Å². The van der Waals surface area contributed by atoms with E-state index >= 15 is 0 Å². The molecule has 6 nitrogen and oxygen atoms in total. The van der Waals surface area contributed by atoms with E-state index in [4.69, 9.17) is 13.2 Å². The Bertz CT molecular complexity index is 7920. The maximum atomic E-state index is 4.76. The number of para-hydroxylation sites is 4. The van der Waals surface area contributed by atoms with E-state index in [2.05, 4.69) is 511 Å². The third-order valence-electron chi connectivity index (χ3n) is 27.7. The van der Waals surface area contributed by atoms with E-state index in [1.807, 2.05) is 13.0 Å². The van der Waals surface area contributed by atoms with Gasteiger partial charge in [0.2, 0.25) is 0 Å². The number of aryl methyl sites for hydroxylation is 1. The van der Waals surface area contributed by atoms with Crippen LogP contribution in [0, 0.1) is 0 Å². The van der Waals surface area contributed by atoms with Gasteiger partial charge in [-0.2, -0.15) is 0 Å². The summed E-state index contributed by atoms with van der Waals surface area (Å²) in [5, 5.41) is 7.54. The van der Waals surface area contributed by atoms with Crippen LogP contribution in [0.2, 0.25) is 0 Å². The average molecular weight is 1740 g/mol. The van der Waals surface area contributed by atoms with Crippen LogP contribution in [0.1, 0.15) is 111 Å². The third-order valence-corrected chi connectivity index (χ3v) is 27.7. The normalized spacial score (nSPS) is 15.9. The predicted octanol–water partition coefficient (Wildman–Crippen LogP) is 35.0. The molecule has 0 spiro atoms. The number of hydrogen-bond acceptors (Lipinski definition) is 2. The van der Waals surface area contributed by atoms with Gasteiger partial charge in [0.1, 0.15) is 0 Å². The lowest BCUT2D eigenvalue weighted by atomic mass is 9.81. The number of rotatable bonds is 20. The van der Waals surface area contributed by atoms with Crippen LogP contribution < -0.4 is 9.80 Å². The van der Waals surface area contributed by atoms with Crippen molar-refractivity contribution in [3.63, 3.8) is 0 Å². The molecule has 135 heavy (non-hydrogen) atoms. The summed E-state index contributed by atoms with van der Waals surface area (Å²) >= 11 is 0. The van der Waals surface area contributed by atoms with Crippen LogP contribution in [0.25, 0.3) is 128 Å². The minimum atomic E-state index is -0.355. The summed E-state index contributed by atoms with van der Waals surface area (Å²) in [6, 6.07) is 122. The van der Waals surface area contributed by atoms with Crippen molar-refractivity contribution in [3.05, 3.63) is 531 Å². The summed E-state index contributed by atoms with van der Waals surface area (Å²) < 4.78 is 9.46. The van der Waals surface area contributed by atoms with Gasteiger partial charge >= 0.3 is 0 Å². The summed E-state index contributed by atoms with van der Waals surface area (Å²) in [5.74, 6) is 0.656. The van der Waals surface area contributed by atoms with Crippen molar-refractivity contribution in [1.29, 1.82) is 0 Å². The van der Waals surface area contributed by atoms with Crippen molar-refractivity contribution in [2.75, 3.05) is 9.80 Å². The molecule has 22 rings (SSSR count). The number of fused-ring (bicyclic) bond motifs is 11. The highest BCUT2D eigenvalue weighted by atomic mass is 15.1. The molecule has 4 heterocycles. The zero-order chi connectivity index (χ0) is 91.5. The Morgan fingerprint density at radius 2 is 1.00 bits per heavy atom. The Hall–Kier alpha value is -16.3. The number of allylic oxidation sites excluding steroid dienone is 25. The van der Waals surface area contributed by atoms with E-state index < -0.39 is 0 Å². The Morgan fingerprint density at radius 1 is 0.437 bits per heavy atom. The highest BCUT2D eigenvalue weighted by molar-refractivity contribution is 6.12. The molecule has 4 aromatic heterocycles. The molecular formula is C129H108N6. The molecule has 0 aliphatic heterocycles. The second-order valence-electron chi connectivity index (χ2n) is 36.1. The smallest absolute Gasteiger partial charge is 0.0541 e. The fraction of sp³-hybridized carbons (Fsp3) is 0.101. The third kappa shape index (κ3) is 16.6. The predicted molar refractivity (Wildman–Crippen MR) is 579 cm³/mol. The van der Waals surface area contributed by atoms with Gasteiger partial charge in [-0.05, 0) is 305 Å². The lowest BCUT2D eigenvalue weighted by Gasteiger charge is -2.28. The zero-order valence-electron chi connectivity index (χ0n) is 77.1. The molecule has 5 aliphatic carbocycles. The Labute approximate surface area is 793 Å². The average Bonchev–Trinajstić information content (AvgIpc) is 1.59. The van der Waals surface area contributed by atoms with Crippen molar-refractivity contribution in [2.24, 2.45) is 0 Å². The van der Waals surface area contributed by atoms with E-state index in [1.165, 1.54) is 133 Å². The molecule has 0 bridgehead atoms. The lowest BCUT2D eigenvalue weighted by molar-refractivity contribution is 0.661. The van der Waals surface area contributed by atoms with Crippen molar-refractivity contribution in [1.82, 2.24) is 18.3 Å². The first-order valence-electron chi connectivity index (χ1n) is 47.5. The molecule has 0 radical (unpaired) electrons. The standard InChI is InChI=1S/C69H57N3.C60H51N3/c1-48(70-44-18-6-5-9-23-56-46-55(34-43-66(56)70)54-32-39-59(40-33-54)72-67-26-16-14-24-62(67)63-25-15-17-27-68(63)72)45-64-49(2)61-42-41-60(47-65(61)69(64,3)4)71(57-35-28-52(29-36-57)50-19-10-7-11-20-50)58-37-30-53(31-38-58)51-21-12-8-13-22-51;1-4-17-43(5-2)44(6-3)20-16-41-61(49-32-27-46(28-33-49)45-18-8-7-9-19-45)50-36-38-52(39-37-50)63-59-26-15-12-23-55(59)56-42-48(31-40-60(56)63)47-29-34-51(35-30-47)62-57-24-13-10-21-53(57)54-22-11-14-25-58(54)62/h5-7,9-12,14-32,34-47,54H,1-2,8,13,33H2,3-4H3;4-10,12-18,20-21,23-42,45H,3,11,19,22H2,1-2H3/b6-5?,23-9?,44-18?,64-45+;17-4-,41-16+,43-5+,44-20+. The summed E-state index contributed by atoms with van der Waals surface area (Å²) in [4.78, 5) is 4.65. The molecule has 2 atom stereocenters. The van der Waals surface area contributed by atoms with Gasteiger partial charge in [0, 0.05) is 113 Å². The molecule has 0 saturated heterocycles. The molecule has 13 aromatic carbocycles. The minimum Gasteiger partial charge on any atom is -0.317 e. The van der Waals surface area contributed by atoms with Gasteiger partial charge in [-0.25, -0.2) is 0 Å². The summed E-state index contributed by atoms with van der Waals surface area (Å²) in [5.41, 5.74) is 36.2. The highest BCUT2D eigenvalue weighted by Gasteiger charge is 2.38. The van der Waals surface area contributed by atoms with Gasteiger partial charge in [0.15, 0.2) is 0 Å². The fourth-order valence-electron chi connectivity index (χ4n) is 20.8. The number of anilines is 5. The molecule has 0 fully saturated rings. The molecule has 0 amide bonds. The number of aromatic nitrogens is 4. The van der Waals surface area contributed by atoms with E-state index in [-0.39, 0.29) is 11.3 Å². The Kier molecular flexibility index (Phi) is 23.8.